The van der Waals surface area contributed by atoms with Crippen LogP contribution in [0, 0.1) is 10.1 Å². The minimum absolute atomic E-state index is 0.0507. The normalized spacial score (nSPS) is 17.3. The fourth-order valence-corrected chi connectivity index (χ4v) is 3.01. The topological polar surface area (TPSA) is 81.9 Å². The van der Waals surface area contributed by atoms with E-state index in [9.17, 15) is 14.9 Å². The number of carbonyl (C=O) groups excluding carboxylic acids is 1. The summed E-state index contributed by atoms with van der Waals surface area (Å²) in [6.07, 6.45) is 0.162. The van der Waals surface area contributed by atoms with Crippen molar-refractivity contribution in [2.24, 2.45) is 0 Å². The van der Waals surface area contributed by atoms with Gasteiger partial charge in [0, 0.05) is 24.4 Å². The summed E-state index contributed by atoms with van der Waals surface area (Å²) in [6.45, 7) is 6.48. The average molecular weight is 358 g/mol. The number of benzene rings is 2. The van der Waals surface area contributed by atoms with Gasteiger partial charge in [-0.2, -0.15) is 0 Å². The lowest BCUT2D eigenvalue weighted by Gasteiger charge is -2.24. The molecule has 1 amide bonds. The van der Waals surface area contributed by atoms with Crippen molar-refractivity contribution in [3.8, 4) is 5.75 Å². The summed E-state index contributed by atoms with van der Waals surface area (Å²) < 4.78 is 11.5. The van der Waals surface area contributed by atoms with Gasteiger partial charge in [0.15, 0.2) is 0 Å². The number of non-ortho nitro benzene ring substituents is 1. The summed E-state index contributed by atoms with van der Waals surface area (Å²) in [5.41, 5.74) is -0.486. The number of hydrogen-bond donors (Lipinski definition) is 0. The molecule has 1 heterocycles. The number of fused-ring (bicyclic) bond motifs is 1. The zero-order chi connectivity index (χ0) is 18.9. The Morgan fingerprint density at radius 1 is 1.19 bits per heavy atom. The van der Waals surface area contributed by atoms with E-state index in [2.05, 4.69) is 0 Å². The minimum Gasteiger partial charge on any atom is -0.488 e. The smallest absolute Gasteiger partial charge is 0.410 e. The number of nitro benzene ring substituents is 1. The molecule has 138 valence electrons. The SMILES string of the molecule is CC(C)(C)OC(=O)N1CC[C@H](Oc2ccc([N+](=O)[O-])c3ccccc23)C1. The molecule has 0 aromatic heterocycles. The van der Waals surface area contributed by atoms with E-state index in [1.165, 1.54) is 6.07 Å². The summed E-state index contributed by atoms with van der Waals surface area (Å²) in [5, 5.41) is 12.4. The Kier molecular flexibility index (Phi) is 4.71. The largest absolute Gasteiger partial charge is 0.488 e. The molecule has 1 aliphatic heterocycles. The number of hydrogen-bond acceptors (Lipinski definition) is 5. The molecule has 7 heteroatoms. The number of amides is 1. The van der Waals surface area contributed by atoms with Gasteiger partial charge in [-0.3, -0.25) is 10.1 Å². The first-order valence-electron chi connectivity index (χ1n) is 8.55. The summed E-state index contributed by atoms with van der Waals surface area (Å²) >= 11 is 0. The highest BCUT2D eigenvalue weighted by atomic mass is 16.6. The Bertz CT molecular complexity index is 843. The summed E-state index contributed by atoms with van der Waals surface area (Å²) in [7, 11) is 0. The van der Waals surface area contributed by atoms with Crippen LogP contribution in [0.2, 0.25) is 0 Å². The highest BCUT2D eigenvalue weighted by Crippen LogP contribution is 2.34. The van der Waals surface area contributed by atoms with Crippen LogP contribution in [0.25, 0.3) is 10.8 Å². The summed E-state index contributed by atoms with van der Waals surface area (Å²) in [5.74, 6) is 0.585. The van der Waals surface area contributed by atoms with Crippen molar-refractivity contribution in [2.45, 2.75) is 38.9 Å². The predicted octanol–water partition coefficient (Wildman–Crippen LogP) is 4.14. The number of likely N-dealkylation sites (tertiary alicyclic amines) is 1. The second kappa shape index (κ2) is 6.82. The molecule has 2 aromatic rings. The van der Waals surface area contributed by atoms with Crippen molar-refractivity contribution in [1.82, 2.24) is 4.90 Å². The van der Waals surface area contributed by atoms with Gasteiger partial charge in [0.1, 0.15) is 17.5 Å². The number of ether oxygens (including phenoxy) is 2. The number of rotatable bonds is 3. The van der Waals surface area contributed by atoms with E-state index < -0.39 is 10.5 Å². The molecule has 0 radical (unpaired) electrons. The molecule has 0 saturated carbocycles. The van der Waals surface area contributed by atoms with Crippen LogP contribution in [0.15, 0.2) is 36.4 Å². The maximum Gasteiger partial charge on any atom is 0.410 e. The Labute approximate surface area is 151 Å². The second-order valence-electron chi connectivity index (χ2n) is 7.34. The third kappa shape index (κ3) is 3.87. The molecule has 1 aliphatic rings. The van der Waals surface area contributed by atoms with E-state index >= 15 is 0 Å². The molecule has 0 spiro atoms. The van der Waals surface area contributed by atoms with Crippen molar-refractivity contribution in [2.75, 3.05) is 13.1 Å². The fraction of sp³-hybridized carbons (Fsp3) is 0.421. The van der Waals surface area contributed by atoms with E-state index in [0.29, 0.717) is 36.0 Å². The van der Waals surface area contributed by atoms with Gasteiger partial charge in [-0.25, -0.2) is 4.79 Å². The van der Waals surface area contributed by atoms with Crippen LogP contribution in [-0.2, 0) is 4.74 Å². The molecule has 2 aromatic carbocycles. The van der Waals surface area contributed by atoms with Gasteiger partial charge in [-0.05, 0) is 32.9 Å². The first-order valence-corrected chi connectivity index (χ1v) is 8.55. The van der Waals surface area contributed by atoms with E-state index in [4.69, 9.17) is 9.47 Å². The molecule has 26 heavy (non-hydrogen) atoms. The molecule has 1 atom stereocenters. The minimum atomic E-state index is -0.537. The summed E-state index contributed by atoms with van der Waals surface area (Å²) in [4.78, 5) is 24.6. The Balaban J connectivity index is 1.76. The van der Waals surface area contributed by atoms with E-state index in [-0.39, 0.29) is 17.9 Å². The van der Waals surface area contributed by atoms with Gasteiger partial charge in [-0.1, -0.05) is 18.2 Å². The first kappa shape index (κ1) is 18.0. The number of nitrogens with zero attached hydrogens (tertiary/aromatic N) is 2. The van der Waals surface area contributed by atoms with Crippen LogP contribution < -0.4 is 4.74 Å². The highest BCUT2D eigenvalue weighted by molar-refractivity contribution is 5.95. The van der Waals surface area contributed by atoms with Crippen molar-refractivity contribution in [3.63, 3.8) is 0 Å². The Morgan fingerprint density at radius 2 is 1.88 bits per heavy atom. The molecule has 7 nitrogen and oxygen atoms in total. The molecule has 1 fully saturated rings. The van der Waals surface area contributed by atoms with Crippen molar-refractivity contribution >= 4 is 22.6 Å². The van der Waals surface area contributed by atoms with Crippen LogP contribution >= 0.6 is 0 Å². The number of carbonyl (C=O) groups is 1. The van der Waals surface area contributed by atoms with Crippen LogP contribution in [0.1, 0.15) is 27.2 Å². The molecular formula is C19H22N2O5. The predicted molar refractivity (Wildman–Crippen MR) is 97.4 cm³/mol. The Hall–Kier alpha value is -2.83. The summed E-state index contributed by atoms with van der Waals surface area (Å²) in [6, 6.07) is 10.2. The zero-order valence-corrected chi connectivity index (χ0v) is 15.1. The zero-order valence-electron chi connectivity index (χ0n) is 15.1. The standard InChI is InChI=1S/C19H22N2O5/c1-19(2,3)26-18(22)20-11-10-13(12-20)25-17-9-8-16(21(23)24)14-6-4-5-7-15(14)17/h4-9,13H,10-12H2,1-3H3/t13-/m0/s1. The van der Waals surface area contributed by atoms with E-state index in [1.54, 1.807) is 29.2 Å². The number of nitro groups is 1. The molecule has 0 N–H and O–H groups in total. The van der Waals surface area contributed by atoms with Crippen LogP contribution in [0.4, 0.5) is 10.5 Å². The molecule has 0 bridgehead atoms. The van der Waals surface area contributed by atoms with Crippen LogP contribution in [0.3, 0.4) is 0 Å². The van der Waals surface area contributed by atoms with Gasteiger partial charge in [0.2, 0.25) is 0 Å². The average Bonchev–Trinajstić information content (AvgIpc) is 3.02. The molecular weight excluding hydrogens is 336 g/mol. The second-order valence-corrected chi connectivity index (χ2v) is 7.34. The van der Waals surface area contributed by atoms with Crippen molar-refractivity contribution in [1.29, 1.82) is 0 Å². The molecule has 0 unspecified atom stereocenters. The maximum absolute atomic E-state index is 12.2. The molecule has 3 rings (SSSR count). The quantitative estimate of drug-likeness (QED) is 0.608. The monoisotopic (exact) mass is 358 g/mol. The molecule has 0 aliphatic carbocycles. The van der Waals surface area contributed by atoms with Gasteiger partial charge >= 0.3 is 6.09 Å². The first-order chi connectivity index (χ1) is 12.2. The third-order valence-corrected chi connectivity index (χ3v) is 4.15. The van der Waals surface area contributed by atoms with Crippen molar-refractivity contribution < 1.29 is 19.2 Å². The highest BCUT2D eigenvalue weighted by Gasteiger charge is 2.31. The Morgan fingerprint density at radius 3 is 2.54 bits per heavy atom. The van der Waals surface area contributed by atoms with E-state index in [0.717, 1.165) is 0 Å². The lowest BCUT2D eigenvalue weighted by molar-refractivity contribution is -0.383. The van der Waals surface area contributed by atoms with Crippen LogP contribution in [0.5, 0.6) is 5.75 Å². The lowest BCUT2D eigenvalue weighted by Crippen LogP contribution is -2.36. The van der Waals surface area contributed by atoms with Crippen molar-refractivity contribution in [3.05, 3.63) is 46.5 Å². The van der Waals surface area contributed by atoms with Gasteiger partial charge < -0.3 is 14.4 Å². The van der Waals surface area contributed by atoms with Gasteiger partial charge in [0.05, 0.1) is 16.9 Å². The fourth-order valence-electron chi connectivity index (χ4n) is 3.01. The van der Waals surface area contributed by atoms with E-state index in [1.807, 2.05) is 26.8 Å². The van der Waals surface area contributed by atoms with Gasteiger partial charge in [-0.15, -0.1) is 0 Å². The maximum atomic E-state index is 12.2. The third-order valence-electron chi connectivity index (χ3n) is 4.15. The molecule has 1 saturated heterocycles. The lowest BCUT2D eigenvalue weighted by atomic mass is 10.1. The van der Waals surface area contributed by atoms with Crippen LogP contribution in [-0.4, -0.2) is 40.7 Å². The van der Waals surface area contributed by atoms with Gasteiger partial charge in [0.25, 0.3) is 5.69 Å².